The predicted molar refractivity (Wildman–Crippen MR) is 80.0 cm³/mol. The summed E-state index contributed by atoms with van der Waals surface area (Å²) in [5.74, 6) is -0.791. The summed E-state index contributed by atoms with van der Waals surface area (Å²) in [7, 11) is 1.30. The third kappa shape index (κ3) is 4.31. The van der Waals surface area contributed by atoms with E-state index < -0.39 is 12.0 Å². The molecule has 0 saturated carbocycles. The molecular weight excluding hydrogens is 287 g/mol. The Morgan fingerprint density at radius 1 is 1.14 bits per heavy atom. The second-order valence-corrected chi connectivity index (χ2v) is 4.51. The minimum atomic E-state index is -0.442. The molecule has 0 aliphatic carbocycles. The number of anilines is 1. The van der Waals surface area contributed by atoms with E-state index >= 15 is 0 Å². The fourth-order valence-electron chi connectivity index (χ4n) is 1.81. The van der Waals surface area contributed by atoms with E-state index in [1.54, 1.807) is 36.4 Å². The summed E-state index contributed by atoms with van der Waals surface area (Å²) in [6.45, 7) is 0.212. The first-order valence-corrected chi connectivity index (χ1v) is 6.56. The molecule has 0 saturated heterocycles. The molecule has 0 heterocycles. The van der Waals surface area contributed by atoms with Gasteiger partial charge in [0, 0.05) is 12.2 Å². The fourth-order valence-corrected chi connectivity index (χ4v) is 1.81. The zero-order chi connectivity index (χ0) is 15.9. The van der Waals surface area contributed by atoms with Gasteiger partial charge in [-0.05, 0) is 42.0 Å². The van der Waals surface area contributed by atoms with Crippen molar-refractivity contribution in [3.8, 4) is 0 Å². The molecular formula is C16H15FN2O3. The van der Waals surface area contributed by atoms with Crippen molar-refractivity contribution in [2.75, 3.05) is 12.4 Å². The quantitative estimate of drug-likeness (QED) is 0.853. The van der Waals surface area contributed by atoms with Crippen LogP contribution in [0.15, 0.2) is 48.5 Å². The second kappa shape index (κ2) is 7.21. The van der Waals surface area contributed by atoms with Crippen molar-refractivity contribution in [1.29, 1.82) is 0 Å². The number of carbonyl (C=O) groups is 2. The van der Waals surface area contributed by atoms with Crippen molar-refractivity contribution >= 4 is 17.7 Å². The summed E-state index contributed by atoms with van der Waals surface area (Å²) >= 11 is 0. The van der Waals surface area contributed by atoms with Gasteiger partial charge in [-0.3, -0.25) is 0 Å². The average molecular weight is 302 g/mol. The number of benzene rings is 2. The van der Waals surface area contributed by atoms with E-state index in [-0.39, 0.29) is 12.4 Å². The standard InChI is InChI=1S/C16H15FN2O3/c1-22-15(20)12-5-7-14(8-6-12)19-16(21)18-10-11-3-2-4-13(17)9-11/h2-9H,10H2,1H3,(H2,18,19,21). The molecule has 0 aliphatic heterocycles. The Kier molecular flexibility index (Phi) is 5.08. The second-order valence-electron chi connectivity index (χ2n) is 4.51. The Morgan fingerprint density at radius 2 is 1.86 bits per heavy atom. The highest BCUT2D eigenvalue weighted by Gasteiger charge is 2.06. The number of amides is 2. The van der Waals surface area contributed by atoms with Crippen molar-refractivity contribution in [2.24, 2.45) is 0 Å². The molecule has 0 aromatic heterocycles. The summed E-state index contributed by atoms with van der Waals surface area (Å²) in [5.41, 5.74) is 1.59. The van der Waals surface area contributed by atoms with Crippen LogP contribution in [0.2, 0.25) is 0 Å². The van der Waals surface area contributed by atoms with Crippen molar-refractivity contribution < 1.29 is 18.7 Å². The highest BCUT2D eigenvalue weighted by atomic mass is 19.1. The lowest BCUT2D eigenvalue weighted by atomic mass is 10.2. The number of rotatable bonds is 4. The summed E-state index contributed by atoms with van der Waals surface area (Å²) in [6.07, 6.45) is 0. The van der Waals surface area contributed by atoms with Gasteiger partial charge in [-0.2, -0.15) is 0 Å². The first-order chi connectivity index (χ1) is 10.6. The molecule has 0 fully saturated rings. The summed E-state index contributed by atoms with van der Waals surface area (Å²) in [4.78, 5) is 23.0. The van der Waals surface area contributed by atoms with Gasteiger partial charge in [0.05, 0.1) is 12.7 Å². The number of halogens is 1. The summed E-state index contributed by atoms with van der Waals surface area (Å²) in [5, 5.41) is 5.23. The van der Waals surface area contributed by atoms with Gasteiger partial charge >= 0.3 is 12.0 Å². The number of methoxy groups -OCH3 is 1. The van der Waals surface area contributed by atoms with E-state index in [9.17, 15) is 14.0 Å². The maximum Gasteiger partial charge on any atom is 0.337 e. The average Bonchev–Trinajstić information content (AvgIpc) is 2.53. The monoisotopic (exact) mass is 302 g/mol. The van der Waals surface area contributed by atoms with Crippen LogP contribution in [0.1, 0.15) is 15.9 Å². The van der Waals surface area contributed by atoms with Crippen LogP contribution in [0.25, 0.3) is 0 Å². The van der Waals surface area contributed by atoms with Gasteiger partial charge in [0.1, 0.15) is 5.82 Å². The van der Waals surface area contributed by atoms with Crippen LogP contribution in [0.5, 0.6) is 0 Å². The van der Waals surface area contributed by atoms with E-state index in [1.165, 1.54) is 19.2 Å². The smallest absolute Gasteiger partial charge is 0.337 e. The largest absolute Gasteiger partial charge is 0.465 e. The van der Waals surface area contributed by atoms with E-state index in [0.717, 1.165) is 0 Å². The number of esters is 1. The molecule has 0 bridgehead atoms. The zero-order valence-corrected chi connectivity index (χ0v) is 11.9. The van der Waals surface area contributed by atoms with Crippen LogP contribution in [0.4, 0.5) is 14.9 Å². The van der Waals surface area contributed by atoms with Gasteiger partial charge in [-0.1, -0.05) is 12.1 Å². The molecule has 2 rings (SSSR count). The van der Waals surface area contributed by atoms with Crippen molar-refractivity contribution in [1.82, 2.24) is 5.32 Å². The van der Waals surface area contributed by atoms with E-state index in [0.29, 0.717) is 16.8 Å². The van der Waals surface area contributed by atoms with Crippen LogP contribution in [0, 0.1) is 5.82 Å². The third-order valence-corrected chi connectivity index (χ3v) is 2.91. The fraction of sp³-hybridized carbons (Fsp3) is 0.125. The lowest BCUT2D eigenvalue weighted by molar-refractivity contribution is 0.0601. The van der Waals surface area contributed by atoms with Gasteiger partial charge < -0.3 is 15.4 Å². The Morgan fingerprint density at radius 3 is 2.50 bits per heavy atom. The van der Waals surface area contributed by atoms with Crippen LogP contribution in [0.3, 0.4) is 0 Å². The van der Waals surface area contributed by atoms with Gasteiger partial charge in [-0.15, -0.1) is 0 Å². The number of urea groups is 1. The lowest BCUT2D eigenvalue weighted by Crippen LogP contribution is -2.28. The van der Waals surface area contributed by atoms with Crippen LogP contribution >= 0.6 is 0 Å². The Hall–Kier alpha value is -2.89. The summed E-state index contributed by atoms with van der Waals surface area (Å²) in [6, 6.07) is 11.8. The van der Waals surface area contributed by atoms with Gasteiger partial charge in [0.25, 0.3) is 0 Å². The number of ether oxygens (including phenoxy) is 1. The summed E-state index contributed by atoms with van der Waals surface area (Å²) < 4.78 is 17.6. The highest BCUT2D eigenvalue weighted by molar-refractivity contribution is 5.92. The first kappa shape index (κ1) is 15.5. The molecule has 6 heteroatoms. The van der Waals surface area contributed by atoms with E-state index in [1.807, 2.05) is 0 Å². The lowest BCUT2D eigenvalue weighted by Gasteiger charge is -2.08. The van der Waals surface area contributed by atoms with Gasteiger partial charge in [0.2, 0.25) is 0 Å². The predicted octanol–water partition coefficient (Wildman–Crippen LogP) is 2.93. The normalized spacial score (nSPS) is 9.91. The van der Waals surface area contributed by atoms with Crippen molar-refractivity contribution in [3.05, 3.63) is 65.5 Å². The van der Waals surface area contributed by atoms with Crippen LogP contribution in [-0.2, 0) is 11.3 Å². The maximum absolute atomic E-state index is 13.0. The third-order valence-electron chi connectivity index (χ3n) is 2.91. The minimum Gasteiger partial charge on any atom is -0.465 e. The van der Waals surface area contributed by atoms with Gasteiger partial charge in [-0.25, -0.2) is 14.0 Å². The van der Waals surface area contributed by atoms with Crippen molar-refractivity contribution in [2.45, 2.75) is 6.54 Å². The Balaban J connectivity index is 1.88. The molecule has 0 spiro atoms. The van der Waals surface area contributed by atoms with Gasteiger partial charge in [0.15, 0.2) is 0 Å². The van der Waals surface area contributed by atoms with Crippen LogP contribution < -0.4 is 10.6 Å². The molecule has 0 aliphatic rings. The molecule has 22 heavy (non-hydrogen) atoms. The Bertz CT molecular complexity index is 671. The van der Waals surface area contributed by atoms with Crippen LogP contribution in [-0.4, -0.2) is 19.1 Å². The molecule has 2 N–H and O–H groups in total. The Labute approximate surface area is 127 Å². The number of nitrogens with one attached hydrogen (secondary N) is 2. The number of hydrogen-bond donors (Lipinski definition) is 2. The maximum atomic E-state index is 13.0. The number of hydrogen-bond acceptors (Lipinski definition) is 3. The molecule has 0 atom stereocenters. The molecule has 0 unspecified atom stereocenters. The topological polar surface area (TPSA) is 67.4 Å². The molecule has 2 amide bonds. The minimum absolute atomic E-state index is 0.212. The first-order valence-electron chi connectivity index (χ1n) is 6.56. The van der Waals surface area contributed by atoms with Crippen molar-refractivity contribution in [3.63, 3.8) is 0 Å². The molecule has 5 nitrogen and oxygen atoms in total. The SMILES string of the molecule is COC(=O)c1ccc(NC(=O)NCc2cccc(F)c2)cc1. The molecule has 2 aromatic rings. The molecule has 0 radical (unpaired) electrons. The van der Waals surface area contributed by atoms with E-state index in [4.69, 9.17) is 0 Å². The van der Waals surface area contributed by atoms with E-state index in [2.05, 4.69) is 15.4 Å². The highest BCUT2D eigenvalue weighted by Crippen LogP contribution is 2.10. The zero-order valence-electron chi connectivity index (χ0n) is 11.9. The number of carbonyl (C=O) groups excluding carboxylic acids is 2. The molecule has 114 valence electrons. The molecule has 2 aromatic carbocycles.